The minimum absolute atomic E-state index is 0.0586. The number of carbonyl (C=O) groups is 1. The lowest BCUT2D eigenvalue weighted by molar-refractivity contribution is -0.0447. The van der Waals surface area contributed by atoms with Crippen molar-refractivity contribution in [1.82, 2.24) is 9.88 Å². The molecule has 2 unspecified atom stereocenters. The highest BCUT2D eigenvalue weighted by Crippen LogP contribution is 2.31. The fourth-order valence-corrected chi connectivity index (χ4v) is 3.75. The van der Waals surface area contributed by atoms with E-state index in [2.05, 4.69) is 4.98 Å². The van der Waals surface area contributed by atoms with Crippen LogP contribution < -0.4 is 0 Å². The third-order valence-electron chi connectivity index (χ3n) is 4.83. The second-order valence-corrected chi connectivity index (χ2v) is 6.77. The van der Waals surface area contributed by atoms with Gasteiger partial charge in [-0.05, 0) is 50.5 Å². The minimum Gasteiger partial charge on any atom is -0.441 e. The van der Waals surface area contributed by atoms with Crippen LogP contribution in [0.1, 0.15) is 35.5 Å². The van der Waals surface area contributed by atoms with Crippen molar-refractivity contribution in [1.29, 1.82) is 0 Å². The molecule has 4 rings (SSSR count). The first kappa shape index (κ1) is 15.7. The SMILES string of the molecule is Cc1oc(-c2ccc(Cl)cc2)nc1C(=O)N1CCOC2CCCC21. The molecule has 5 nitrogen and oxygen atoms in total. The second-order valence-electron chi connectivity index (χ2n) is 6.34. The van der Waals surface area contributed by atoms with Gasteiger partial charge in [0.25, 0.3) is 5.91 Å². The summed E-state index contributed by atoms with van der Waals surface area (Å²) in [5.74, 6) is 0.936. The van der Waals surface area contributed by atoms with Crippen molar-refractivity contribution >= 4 is 17.5 Å². The van der Waals surface area contributed by atoms with Gasteiger partial charge in [-0.2, -0.15) is 0 Å². The minimum atomic E-state index is -0.0586. The highest BCUT2D eigenvalue weighted by atomic mass is 35.5. The molecular weight excluding hydrogens is 328 g/mol. The van der Waals surface area contributed by atoms with E-state index in [1.54, 1.807) is 19.1 Å². The number of aryl methyl sites for hydroxylation is 1. The summed E-state index contributed by atoms with van der Waals surface area (Å²) in [5, 5.41) is 0.652. The van der Waals surface area contributed by atoms with Crippen LogP contribution in [0.5, 0.6) is 0 Å². The molecule has 1 aromatic carbocycles. The van der Waals surface area contributed by atoms with Gasteiger partial charge in [0.1, 0.15) is 5.76 Å². The van der Waals surface area contributed by atoms with Crippen LogP contribution in [0.2, 0.25) is 5.02 Å². The van der Waals surface area contributed by atoms with E-state index in [1.165, 1.54) is 0 Å². The summed E-state index contributed by atoms with van der Waals surface area (Å²) in [6.45, 7) is 2.99. The van der Waals surface area contributed by atoms with E-state index in [-0.39, 0.29) is 18.1 Å². The van der Waals surface area contributed by atoms with Gasteiger partial charge in [-0.3, -0.25) is 4.79 Å². The maximum absolute atomic E-state index is 13.0. The summed E-state index contributed by atoms with van der Waals surface area (Å²) < 4.78 is 11.5. The van der Waals surface area contributed by atoms with Crippen LogP contribution in [-0.4, -0.2) is 41.1 Å². The molecule has 2 heterocycles. The largest absolute Gasteiger partial charge is 0.441 e. The maximum atomic E-state index is 13.0. The van der Waals surface area contributed by atoms with Crippen LogP contribution in [0.15, 0.2) is 28.7 Å². The van der Waals surface area contributed by atoms with Gasteiger partial charge < -0.3 is 14.1 Å². The lowest BCUT2D eigenvalue weighted by atomic mass is 10.1. The lowest BCUT2D eigenvalue weighted by Crippen LogP contribution is -2.51. The molecule has 126 valence electrons. The summed E-state index contributed by atoms with van der Waals surface area (Å²) in [6.07, 6.45) is 3.30. The van der Waals surface area contributed by atoms with Crippen molar-refractivity contribution in [3.63, 3.8) is 0 Å². The van der Waals surface area contributed by atoms with Gasteiger partial charge >= 0.3 is 0 Å². The predicted octanol–water partition coefficient (Wildman–Crippen LogP) is 3.70. The van der Waals surface area contributed by atoms with Gasteiger partial charge in [0, 0.05) is 17.1 Å². The summed E-state index contributed by atoms with van der Waals surface area (Å²) in [7, 11) is 0. The molecule has 1 aromatic heterocycles. The van der Waals surface area contributed by atoms with Crippen molar-refractivity contribution < 1.29 is 13.9 Å². The van der Waals surface area contributed by atoms with E-state index in [1.807, 2.05) is 17.0 Å². The number of morpholine rings is 1. The van der Waals surface area contributed by atoms with Gasteiger partial charge in [0.2, 0.25) is 5.89 Å². The number of nitrogens with zero attached hydrogens (tertiary/aromatic N) is 2. The number of aromatic nitrogens is 1. The predicted molar refractivity (Wildman–Crippen MR) is 90.1 cm³/mol. The number of amides is 1. The van der Waals surface area contributed by atoms with Crippen molar-refractivity contribution in [2.75, 3.05) is 13.2 Å². The number of carbonyl (C=O) groups excluding carboxylic acids is 1. The van der Waals surface area contributed by atoms with Crippen LogP contribution in [-0.2, 0) is 4.74 Å². The van der Waals surface area contributed by atoms with E-state index >= 15 is 0 Å². The topological polar surface area (TPSA) is 55.6 Å². The number of rotatable bonds is 2. The van der Waals surface area contributed by atoms with E-state index in [0.717, 1.165) is 24.8 Å². The Morgan fingerprint density at radius 2 is 2.08 bits per heavy atom. The number of hydrogen-bond acceptors (Lipinski definition) is 4. The van der Waals surface area contributed by atoms with Crippen molar-refractivity contribution in [3.8, 4) is 11.5 Å². The lowest BCUT2D eigenvalue weighted by Gasteiger charge is -2.37. The molecule has 1 aliphatic carbocycles. The van der Waals surface area contributed by atoms with E-state index in [9.17, 15) is 4.79 Å². The fourth-order valence-electron chi connectivity index (χ4n) is 3.62. The van der Waals surface area contributed by atoms with Gasteiger partial charge in [0.15, 0.2) is 5.69 Å². The van der Waals surface area contributed by atoms with Crippen LogP contribution >= 0.6 is 11.6 Å². The summed E-state index contributed by atoms with van der Waals surface area (Å²) >= 11 is 5.92. The molecule has 2 aliphatic rings. The van der Waals surface area contributed by atoms with Gasteiger partial charge in [-0.15, -0.1) is 0 Å². The third-order valence-corrected chi connectivity index (χ3v) is 5.09. The van der Waals surface area contributed by atoms with E-state index in [0.29, 0.717) is 35.5 Å². The maximum Gasteiger partial charge on any atom is 0.276 e. The quantitative estimate of drug-likeness (QED) is 0.832. The Morgan fingerprint density at radius 1 is 1.29 bits per heavy atom. The Bertz CT molecular complexity index is 756. The van der Waals surface area contributed by atoms with Crippen LogP contribution in [0, 0.1) is 6.92 Å². The molecule has 0 radical (unpaired) electrons. The normalized spacial score (nSPS) is 23.3. The number of halogens is 1. The average molecular weight is 347 g/mol. The highest BCUT2D eigenvalue weighted by molar-refractivity contribution is 6.30. The van der Waals surface area contributed by atoms with Crippen LogP contribution in [0.3, 0.4) is 0 Å². The summed E-state index contributed by atoms with van der Waals surface area (Å²) in [4.78, 5) is 19.4. The van der Waals surface area contributed by atoms with E-state index < -0.39 is 0 Å². The van der Waals surface area contributed by atoms with Crippen LogP contribution in [0.4, 0.5) is 0 Å². The average Bonchev–Trinajstić information content (AvgIpc) is 3.21. The molecule has 0 spiro atoms. The molecule has 0 N–H and O–H groups in total. The molecule has 1 amide bonds. The second kappa shape index (κ2) is 6.22. The highest BCUT2D eigenvalue weighted by Gasteiger charge is 2.39. The van der Waals surface area contributed by atoms with E-state index in [4.69, 9.17) is 20.8 Å². The zero-order valence-electron chi connectivity index (χ0n) is 13.5. The first-order valence-corrected chi connectivity index (χ1v) is 8.67. The summed E-state index contributed by atoms with van der Waals surface area (Å²) in [5.41, 5.74) is 1.20. The molecular formula is C18H19ClN2O3. The molecule has 1 saturated carbocycles. The smallest absolute Gasteiger partial charge is 0.276 e. The molecule has 2 aromatic rings. The molecule has 1 saturated heterocycles. The van der Waals surface area contributed by atoms with Gasteiger partial charge in [-0.25, -0.2) is 4.98 Å². The number of oxazole rings is 1. The molecule has 6 heteroatoms. The molecule has 2 fully saturated rings. The standard InChI is InChI=1S/C18H19ClN2O3/c1-11-16(20-17(24-11)12-5-7-13(19)8-6-12)18(22)21-9-10-23-15-4-2-3-14(15)21/h5-8,14-15H,2-4,9-10H2,1H3. The monoisotopic (exact) mass is 346 g/mol. The summed E-state index contributed by atoms with van der Waals surface area (Å²) in [6, 6.07) is 7.40. The zero-order chi connectivity index (χ0) is 16.7. The number of hydrogen-bond donors (Lipinski definition) is 0. The Morgan fingerprint density at radius 3 is 2.88 bits per heavy atom. The fraction of sp³-hybridized carbons (Fsp3) is 0.444. The Kier molecular flexibility index (Phi) is 4.06. The Balaban J connectivity index is 1.62. The van der Waals surface area contributed by atoms with Crippen molar-refractivity contribution in [2.45, 2.75) is 38.3 Å². The molecule has 24 heavy (non-hydrogen) atoms. The number of ether oxygens (including phenoxy) is 1. The molecule has 1 aliphatic heterocycles. The molecule has 0 bridgehead atoms. The zero-order valence-corrected chi connectivity index (χ0v) is 14.3. The molecule has 2 atom stereocenters. The number of fused-ring (bicyclic) bond motifs is 1. The van der Waals surface area contributed by atoms with Crippen molar-refractivity contribution in [3.05, 3.63) is 40.7 Å². The van der Waals surface area contributed by atoms with Crippen LogP contribution in [0.25, 0.3) is 11.5 Å². The Labute approximate surface area is 145 Å². The van der Waals surface area contributed by atoms with Gasteiger partial charge in [0.05, 0.1) is 18.8 Å². The van der Waals surface area contributed by atoms with Gasteiger partial charge in [-0.1, -0.05) is 11.6 Å². The first-order valence-electron chi connectivity index (χ1n) is 8.29. The third kappa shape index (κ3) is 2.72. The first-order chi connectivity index (χ1) is 11.6. The number of benzene rings is 1. The Hall–Kier alpha value is -1.85. The van der Waals surface area contributed by atoms with Crippen molar-refractivity contribution in [2.24, 2.45) is 0 Å².